The number of unbranched alkanes of at least 4 members (excludes halogenated alkanes) is 1. The van der Waals surface area contributed by atoms with Gasteiger partial charge in [-0.25, -0.2) is 11.6 Å². The molecule has 0 N–H and O–H groups in total. The van der Waals surface area contributed by atoms with E-state index in [1.165, 1.54) is 24.8 Å². The maximum absolute atomic E-state index is 3.72. The molecular formula is C23H27Zr. The second-order valence-electron chi connectivity index (χ2n) is 5.38. The van der Waals surface area contributed by atoms with Gasteiger partial charge in [-0.1, -0.05) is 38.3 Å². The quantitative estimate of drug-likeness (QED) is 0.514. The van der Waals surface area contributed by atoms with Crippen molar-refractivity contribution in [3.8, 4) is 0 Å². The zero-order valence-corrected chi connectivity index (χ0v) is 17.1. The average Bonchev–Trinajstić information content (AvgIpc) is 3.09. The molecule has 3 rings (SSSR count). The van der Waals surface area contributed by atoms with Gasteiger partial charge in [-0.05, 0) is 0 Å². The van der Waals surface area contributed by atoms with Gasteiger partial charge in [0.05, 0.1) is 0 Å². The maximum atomic E-state index is 3.72. The third-order valence-corrected chi connectivity index (χ3v) is 3.25. The first-order valence-electron chi connectivity index (χ1n) is 8.22. The van der Waals surface area contributed by atoms with E-state index in [0.29, 0.717) is 0 Å². The average molecular weight is 395 g/mol. The topological polar surface area (TPSA) is 0 Å². The fourth-order valence-corrected chi connectivity index (χ4v) is 1.95. The van der Waals surface area contributed by atoms with Gasteiger partial charge in [-0.15, -0.1) is 30.7 Å². The van der Waals surface area contributed by atoms with Gasteiger partial charge in [0, 0.05) is 0 Å². The fourth-order valence-electron chi connectivity index (χ4n) is 1.95. The van der Waals surface area contributed by atoms with Gasteiger partial charge in [-0.3, -0.25) is 6.08 Å². The molecule has 24 heavy (non-hydrogen) atoms. The molecule has 0 saturated carbocycles. The van der Waals surface area contributed by atoms with Crippen LogP contribution in [0.1, 0.15) is 43.7 Å². The van der Waals surface area contributed by atoms with E-state index in [9.17, 15) is 0 Å². The standard InChI is InChI=1S/C9H13.2C7H7.Zr/c1-2-3-6-9-7-4-5-8-9;2*1-7-5-3-2-4-6-7;/h4,7H,2-3,5-6H2,1H3;2*2-6H,1H2;/q3*-1;+3. The monoisotopic (exact) mass is 393 g/mol. The van der Waals surface area contributed by atoms with Crippen LogP contribution in [-0.2, 0) is 26.2 Å². The molecule has 2 aromatic rings. The van der Waals surface area contributed by atoms with Crippen molar-refractivity contribution in [1.82, 2.24) is 0 Å². The molecule has 0 nitrogen and oxygen atoms in total. The van der Waals surface area contributed by atoms with E-state index in [1.807, 2.05) is 60.7 Å². The van der Waals surface area contributed by atoms with Crippen molar-refractivity contribution in [2.45, 2.75) is 32.6 Å². The van der Waals surface area contributed by atoms with E-state index in [2.05, 4.69) is 39.0 Å². The van der Waals surface area contributed by atoms with E-state index >= 15 is 0 Å². The van der Waals surface area contributed by atoms with Crippen LogP contribution in [0.2, 0.25) is 0 Å². The molecule has 0 fully saturated rings. The summed E-state index contributed by atoms with van der Waals surface area (Å²) in [6.07, 6.45) is 12.5. The van der Waals surface area contributed by atoms with Gasteiger partial charge >= 0.3 is 26.2 Å². The van der Waals surface area contributed by atoms with Crippen LogP contribution in [0, 0.1) is 19.9 Å². The first-order chi connectivity index (χ1) is 11.2. The number of benzene rings is 2. The number of hydrogen-bond acceptors (Lipinski definition) is 0. The summed E-state index contributed by atoms with van der Waals surface area (Å²) in [4.78, 5) is 0. The van der Waals surface area contributed by atoms with Crippen LogP contribution in [0.4, 0.5) is 0 Å². The molecule has 0 aliphatic heterocycles. The third kappa shape index (κ3) is 12.0. The smallest absolute Gasteiger partial charge is 0.269 e. The van der Waals surface area contributed by atoms with E-state index in [1.54, 1.807) is 0 Å². The molecule has 2 aromatic carbocycles. The molecule has 0 aromatic heterocycles. The Labute approximate surface area is 167 Å². The van der Waals surface area contributed by atoms with Crippen LogP contribution in [0.15, 0.2) is 78.4 Å². The zero-order valence-electron chi connectivity index (χ0n) is 14.7. The molecule has 0 spiro atoms. The van der Waals surface area contributed by atoms with Crippen molar-refractivity contribution in [3.05, 3.63) is 109 Å². The Hall–Kier alpha value is -1.46. The van der Waals surface area contributed by atoms with Gasteiger partial charge in [0.2, 0.25) is 0 Å². The fraction of sp³-hybridized carbons (Fsp3) is 0.217. The molecule has 0 unspecified atom stereocenters. The molecule has 1 aliphatic rings. The summed E-state index contributed by atoms with van der Waals surface area (Å²) in [5, 5.41) is 0. The predicted molar refractivity (Wildman–Crippen MR) is 102 cm³/mol. The molecule has 0 saturated heterocycles. The molecular weight excluding hydrogens is 367 g/mol. The Morgan fingerprint density at radius 2 is 1.38 bits per heavy atom. The first-order valence-corrected chi connectivity index (χ1v) is 8.22. The summed E-state index contributed by atoms with van der Waals surface area (Å²) in [7, 11) is 0. The summed E-state index contributed by atoms with van der Waals surface area (Å²) < 4.78 is 0. The molecule has 0 atom stereocenters. The minimum atomic E-state index is 0. The van der Waals surface area contributed by atoms with Crippen LogP contribution < -0.4 is 0 Å². The summed E-state index contributed by atoms with van der Waals surface area (Å²) >= 11 is 0. The molecule has 1 heteroatoms. The number of allylic oxidation sites excluding steroid dienone is 4. The van der Waals surface area contributed by atoms with Gasteiger partial charge < -0.3 is 0 Å². The Kier molecular flexibility index (Phi) is 14.2. The summed E-state index contributed by atoms with van der Waals surface area (Å²) in [6, 6.07) is 19.7. The molecule has 123 valence electrons. The SMILES string of the molecule is CCCCC1=[C-]CC=C1.[CH2-]c1ccccc1.[CH2-]c1ccccc1.[Zr+3]. The van der Waals surface area contributed by atoms with Crippen molar-refractivity contribution in [3.63, 3.8) is 0 Å². The van der Waals surface area contributed by atoms with Crippen LogP contribution in [-0.4, -0.2) is 0 Å². The second-order valence-corrected chi connectivity index (χ2v) is 5.38. The number of hydrogen-bond donors (Lipinski definition) is 0. The minimum absolute atomic E-state index is 0. The molecule has 0 heterocycles. The Bertz CT molecular complexity index is 530. The molecule has 1 aliphatic carbocycles. The van der Waals surface area contributed by atoms with Crippen molar-refractivity contribution in [2.24, 2.45) is 0 Å². The largest absolute Gasteiger partial charge is 3.00 e. The van der Waals surface area contributed by atoms with Crippen LogP contribution in [0.3, 0.4) is 0 Å². The summed E-state index contributed by atoms with van der Waals surface area (Å²) in [5.74, 6) is 0. The van der Waals surface area contributed by atoms with Gasteiger partial charge in [-0.2, -0.15) is 55.3 Å². The van der Waals surface area contributed by atoms with Crippen LogP contribution in [0.25, 0.3) is 0 Å². The van der Waals surface area contributed by atoms with E-state index in [-0.39, 0.29) is 26.2 Å². The van der Waals surface area contributed by atoms with Crippen molar-refractivity contribution < 1.29 is 26.2 Å². The van der Waals surface area contributed by atoms with Crippen molar-refractivity contribution in [1.29, 1.82) is 0 Å². The Morgan fingerprint density at radius 3 is 1.67 bits per heavy atom. The molecule has 1 radical (unpaired) electrons. The van der Waals surface area contributed by atoms with Crippen molar-refractivity contribution in [2.75, 3.05) is 0 Å². The Balaban J connectivity index is 0.000000327. The normalized spacial score (nSPS) is 11.1. The summed E-state index contributed by atoms with van der Waals surface area (Å²) in [5.41, 5.74) is 3.56. The minimum Gasteiger partial charge on any atom is -0.269 e. The maximum Gasteiger partial charge on any atom is 3.00 e. The van der Waals surface area contributed by atoms with E-state index in [0.717, 1.165) is 17.5 Å². The Morgan fingerprint density at radius 1 is 0.875 bits per heavy atom. The first kappa shape index (κ1) is 22.5. The van der Waals surface area contributed by atoms with E-state index < -0.39 is 0 Å². The van der Waals surface area contributed by atoms with Crippen LogP contribution in [0.5, 0.6) is 0 Å². The zero-order chi connectivity index (χ0) is 16.8. The van der Waals surface area contributed by atoms with Gasteiger partial charge in [0.25, 0.3) is 0 Å². The number of rotatable bonds is 3. The van der Waals surface area contributed by atoms with Gasteiger partial charge in [0.15, 0.2) is 0 Å². The second kappa shape index (κ2) is 15.1. The molecule has 0 bridgehead atoms. The van der Waals surface area contributed by atoms with Gasteiger partial charge in [0.1, 0.15) is 0 Å². The van der Waals surface area contributed by atoms with Crippen LogP contribution >= 0.6 is 0 Å². The van der Waals surface area contributed by atoms with E-state index in [4.69, 9.17) is 0 Å². The molecule has 0 amide bonds. The predicted octanol–water partition coefficient (Wildman–Crippen LogP) is 6.60. The third-order valence-electron chi connectivity index (χ3n) is 3.25. The summed E-state index contributed by atoms with van der Waals surface area (Å²) in [6.45, 7) is 9.66. The van der Waals surface area contributed by atoms with Crippen molar-refractivity contribution >= 4 is 0 Å².